The van der Waals surface area contributed by atoms with Gasteiger partial charge in [-0.05, 0) is 26.4 Å². The number of amides is 1. The van der Waals surface area contributed by atoms with Gasteiger partial charge in [0, 0.05) is 19.1 Å². The Morgan fingerprint density at radius 3 is 3.13 bits per heavy atom. The molecule has 0 aromatic rings. The Hall–Kier alpha value is -0.650. The van der Waals surface area contributed by atoms with Gasteiger partial charge in [0.1, 0.15) is 6.61 Å². The van der Waals surface area contributed by atoms with E-state index >= 15 is 0 Å². The molecule has 1 atom stereocenters. The Morgan fingerprint density at radius 2 is 2.47 bits per heavy atom. The highest BCUT2D eigenvalue weighted by Gasteiger charge is 2.15. The molecule has 5 nitrogen and oxygen atoms in total. The van der Waals surface area contributed by atoms with E-state index in [1.165, 1.54) is 19.4 Å². The van der Waals surface area contributed by atoms with Crippen LogP contribution in [-0.2, 0) is 9.53 Å². The summed E-state index contributed by atoms with van der Waals surface area (Å²) >= 11 is 0. The van der Waals surface area contributed by atoms with Gasteiger partial charge in [-0.2, -0.15) is 0 Å². The van der Waals surface area contributed by atoms with Crippen LogP contribution in [0.1, 0.15) is 12.8 Å². The van der Waals surface area contributed by atoms with Crippen molar-refractivity contribution in [2.75, 3.05) is 39.9 Å². The van der Waals surface area contributed by atoms with E-state index in [1.54, 1.807) is 0 Å². The van der Waals surface area contributed by atoms with Crippen LogP contribution < -0.4 is 11.1 Å². The largest absolute Gasteiger partial charge is 0.370 e. The van der Waals surface area contributed by atoms with E-state index in [2.05, 4.69) is 17.3 Å². The Balaban J connectivity index is 1.97. The van der Waals surface area contributed by atoms with E-state index in [4.69, 9.17) is 10.5 Å². The maximum atomic E-state index is 10.4. The van der Waals surface area contributed by atoms with Crippen molar-refractivity contribution >= 4 is 5.91 Å². The molecule has 0 aliphatic carbocycles. The molecular formula is C10H21N3O2. The number of hydrogen-bond donors (Lipinski definition) is 2. The molecule has 1 unspecified atom stereocenters. The van der Waals surface area contributed by atoms with Gasteiger partial charge in [0.2, 0.25) is 5.91 Å². The zero-order valence-electron chi connectivity index (χ0n) is 9.37. The van der Waals surface area contributed by atoms with E-state index in [1.807, 2.05) is 0 Å². The number of rotatable bonds is 6. The van der Waals surface area contributed by atoms with E-state index < -0.39 is 5.91 Å². The molecule has 3 N–H and O–H groups in total. The number of carbonyl (C=O) groups is 1. The lowest BCUT2D eigenvalue weighted by Crippen LogP contribution is -2.45. The Labute approximate surface area is 90.9 Å². The van der Waals surface area contributed by atoms with Crippen LogP contribution in [0.3, 0.4) is 0 Å². The van der Waals surface area contributed by atoms with Gasteiger partial charge >= 0.3 is 0 Å². The average Bonchev–Trinajstić information content (AvgIpc) is 2.17. The molecule has 0 spiro atoms. The van der Waals surface area contributed by atoms with E-state index in [0.29, 0.717) is 12.6 Å². The first kappa shape index (κ1) is 12.4. The van der Waals surface area contributed by atoms with Gasteiger partial charge in [-0.25, -0.2) is 0 Å². The molecule has 1 aliphatic rings. The van der Waals surface area contributed by atoms with E-state index in [9.17, 15) is 4.79 Å². The van der Waals surface area contributed by atoms with Crippen LogP contribution in [0.4, 0.5) is 0 Å². The van der Waals surface area contributed by atoms with Crippen LogP contribution in [0.5, 0.6) is 0 Å². The molecule has 5 heteroatoms. The lowest BCUT2D eigenvalue weighted by molar-refractivity contribution is -0.122. The van der Waals surface area contributed by atoms with Crippen molar-refractivity contribution in [1.82, 2.24) is 10.2 Å². The summed E-state index contributed by atoms with van der Waals surface area (Å²) in [6.07, 6.45) is 2.47. The molecule has 88 valence electrons. The smallest absolute Gasteiger partial charge is 0.243 e. The van der Waals surface area contributed by atoms with Crippen molar-refractivity contribution in [3.8, 4) is 0 Å². The molecule has 1 aliphatic heterocycles. The molecule has 1 saturated heterocycles. The maximum Gasteiger partial charge on any atom is 0.243 e. The highest BCUT2D eigenvalue weighted by atomic mass is 16.5. The summed E-state index contributed by atoms with van der Waals surface area (Å²) in [5, 5.41) is 3.41. The minimum absolute atomic E-state index is 0.0201. The predicted octanol–water partition coefficient (Wildman–Crippen LogP) is -0.828. The van der Waals surface area contributed by atoms with Crippen LogP contribution >= 0.6 is 0 Å². The fraction of sp³-hybridized carbons (Fsp3) is 0.900. The SMILES string of the molecule is CN1CCCC(NCCOCC(N)=O)C1. The van der Waals surface area contributed by atoms with Crippen LogP contribution in [0.15, 0.2) is 0 Å². The highest BCUT2D eigenvalue weighted by molar-refractivity contribution is 5.74. The number of nitrogens with two attached hydrogens (primary N) is 1. The Bertz CT molecular complexity index is 199. The molecule has 1 rings (SSSR count). The second-order valence-electron chi connectivity index (χ2n) is 4.07. The van der Waals surface area contributed by atoms with Crippen molar-refractivity contribution in [2.24, 2.45) is 5.73 Å². The summed E-state index contributed by atoms with van der Waals surface area (Å²) in [7, 11) is 2.14. The number of nitrogens with zero attached hydrogens (tertiary/aromatic N) is 1. The fourth-order valence-corrected chi connectivity index (χ4v) is 1.84. The fourth-order valence-electron chi connectivity index (χ4n) is 1.84. The second kappa shape index (κ2) is 6.76. The molecule has 1 fully saturated rings. The number of likely N-dealkylation sites (N-methyl/N-ethyl adjacent to an activating group) is 1. The second-order valence-corrected chi connectivity index (χ2v) is 4.07. The maximum absolute atomic E-state index is 10.4. The summed E-state index contributed by atoms with van der Waals surface area (Å²) in [4.78, 5) is 12.7. The summed E-state index contributed by atoms with van der Waals surface area (Å²) in [6.45, 7) is 3.63. The third-order valence-electron chi connectivity index (χ3n) is 2.55. The predicted molar refractivity (Wildman–Crippen MR) is 58.5 cm³/mol. The molecule has 1 amide bonds. The third kappa shape index (κ3) is 5.71. The summed E-state index contributed by atoms with van der Waals surface area (Å²) in [6, 6.07) is 0.556. The van der Waals surface area contributed by atoms with Crippen LogP contribution in [0.25, 0.3) is 0 Å². The first-order valence-corrected chi connectivity index (χ1v) is 5.46. The Morgan fingerprint density at radius 1 is 1.67 bits per heavy atom. The topological polar surface area (TPSA) is 67.6 Å². The first-order valence-electron chi connectivity index (χ1n) is 5.46. The first-order chi connectivity index (χ1) is 7.18. The molecule has 0 aromatic heterocycles. The standard InChI is InChI=1S/C10H21N3O2/c1-13-5-2-3-9(7-13)12-4-6-15-8-10(11)14/h9,12H,2-8H2,1H3,(H2,11,14). The Kier molecular flexibility index (Phi) is 5.60. The zero-order chi connectivity index (χ0) is 11.1. The van der Waals surface area contributed by atoms with Gasteiger partial charge in [-0.3, -0.25) is 4.79 Å². The molecule has 1 heterocycles. The molecule has 0 radical (unpaired) electrons. The molecule has 15 heavy (non-hydrogen) atoms. The lowest BCUT2D eigenvalue weighted by Gasteiger charge is -2.30. The van der Waals surface area contributed by atoms with Gasteiger partial charge in [0.15, 0.2) is 0 Å². The highest BCUT2D eigenvalue weighted by Crippen LogP contribution is 2.07. The number of carbonyl (C=O) groups excluding carboxylic acids is 1. The van der Waals surface area contributed by atoms with Gasteiger partial charge in [-0.1, -0.05) is 0 Å². The summed E-state index contributed by atoms with van der Waals surface area (Å²) in [5.74, 6) is -0.410. The van der Waals surface area contributed by atoms with Gasteiger partial charge in [0.05, 0.1) is 6.61 Å². The number of piperidine rings is 1. The molecule has 0 bridgehead atoms. The average molecular weight is 215 g/mol. The van der Waals surface area contributed by atoms with Crippen molar-refractivity contribution in [3.05, 3.63) is 0 Å². The molecule has 0 saturated carbocycles. The monoisotopic (exact) mass is 215 g/mol. The van der Waals surface area contributed by atoms with Gasteiger partial charge < -0.3 is 20.7 Å². The van der Waals surface area contributed by atoms with Crippen molar-refractivity contribution < 1.29 is 9.53 Å². The van der Waals surface area contributed by atoms with Crippen LogP contribution in [0.2, 0.25) is 0 Å². The zero-order valence-corrected chi connectivity index (χ0v) is 9.37. The minimum Gasteiger partial charge on any atom is -0.370 e. The van der Waals surface area contributed by atoms with Crippen molar-refractivity contribution in [2.45, 2.75) is 18.9 Å². The molecular weight excluding hydrogens is 194 g/mol. The molecule has 0 aromatic carbocycles. The number of ether oxygens (including phenoxy) is 1. The van der Waals surface area contributed by atoms with Crippen LogP contribution in [0, 0.1) is 0 Å². The van der Waals surface area contributed by atoms with Crippen molar-refractivity contribution in [1.29, 1.82) is 0 Å². The lowest BCUT2D eigenvalue weighted by atomic mass is 10.1. The number of nitrogens with one attached hydrogen (secondary N) is 1. The quantitative estimate of drug-likeness (QED) is 0.568. The number of primary amides is 1. The minimum atomic E-state index is -0.410. The number of likely N-dealkylation sites (tertiary alicyclic amines) is 1. The van der Waals surface area contributed by atoms with Crippen LogP contribution in [-0.4, -0.2) is 56.7 Å². The van der Waals surface area contributed by atoms with E-state index in [-0.39, 0.29) is 6.61 Å². The summed E-state index contributed by atoms with van der Waals surface area (Å²) in [5.41, 5.74) is 4.94. The van der Waals surface area contributed by atoms with Crippen molar-refractivity contribution in [3.63, 3.8) is 0 Å². The van der Waals surface area contributed by atoms with Gasteiger partial charge in [0.25, 0.3) is 0 Å². The summed E-state index contributed by atoms with van der Waals surface area (Å²) < 4.78 is 5.06. The van der Waals surface area contributed by atoms with Gasteiger partial charge in [-0.15, -0.1) is 0 Å². The third-order valence-corrected chi connectivity index (χ3v) is 2.55. The normalized spacial score (nSPS) is 22.9. The van der Waals surface area contributed by atoms with E-state index in [0.717, 1.165) is 13.1 Å². The number of hydrogen-bond acceptors (Lipinski definition) is 4.